The summed E-state index contributed by atoms with van der Waals surface area (Å²) < 4.78 is 15.8. The molecule has 134 valence electrons. The van der Waals surface area contributed by atoms with Crippen molar-refractivity contribution in [2.45, 2.75) is 59.5 Å². The molecule has 1 fully saturated rings. The van der Waals surface area contributed by atoms with E-state index in [9.17, 15) is 14.4 Å². The van der Waals surface area contributed by atoms with Crippen LogP contribution in [0.5, 0.6) is 0 Å². The van der Waals surface area contributed by atoms with Crippen molar-refractivity contribution in [3.05, 3.63) is 11.6 Å². The molecule has 0 aliphatic heterocycles. The summed E-state index contributed by atoms with van der Waals surface area (Å²) in [6, 6.07) is 0. The van der Waals surface area contributed by atoms with E-state index >= 15 is 0 Å². The first kappa shape index (κ1) is 18.5. The minimum atomic E-state index is -1.41. The number of allylic oxidation sites excluding steroid dienone is 1. The van der Waals surface area contributed by atoms with Gasteiger partial charge >= 0.3 is 17.9 Å². The molecule has 24 heavy (non-hydrogen) atoms. The molecule has 0 spiro atoms. The molecule has 2 aliphatic rings. The molecule has 0 amide bonds. The Morgan fingerprint density at radius 3 is 2.17 bits per heavy atom. The lowest BCUT2D eigenvalue weighted by atomic mass is 9.77. The fourth-order valence-electron chi connectivity index (χ4n) is 4.05. The molecule has 0 unspecified atom stereocenters. The molecule has 0 heterocycles. The van der Waals surface area contributed by atoms with Crippen LogP contribution in [0.2, 0.25) is 0 Å². The maximum absolute atomic E-state index is 12.5. The van der Waals surface area contributed by atoms with Crippen LogP contribution in [0.3, 0.4) is 0 Å². The molecular weight excluding hydrogens is 312 g/mol. The summed E-state index contributed by atoms with van der Waals surface area (Å²) in [4.78, 5) is 36.5. The molecule has 1 saturated carbocycles. The van der Waals surface area contributed by atoms with Gasteiger partial charge in [0.05, 0.1) is 13.2 Å². The first-order valence-corrected chi connectivity index (χ1v) is 8.37. The predicted molar refractivity (Wildman–Crippen MR) is 85.9 cm³/mol. The van der Waals surface area contributed by atoms with Gasteiger partial charge in [-0.15, -0.1) is 0 Å². The second-order valence-electron chi connectivity index (χ2n) is 7.06. The Balaban J connectivity index is 2.29. The summed E-state index contributed by atoms with van der Waals surface area (Å²) in [5.41, 5.74) is -1.45. The highest BCUT2D eigenvalue weighted by molar-refractivity contribution is 5.99. The van der Waals surface area contributed by atoms with Crippen LogP contribution < -0.4 is 0 Å². The normalized spacial score (nSPS) is 27.8. The predicted octanol–water partition coefficient (Wildman–Crippen LogP) is 2.55. The number of carbonyl (C=O) groups excluding carboxylic acids is 3. The maximum atomic E-state index is 12.5. The lowest BCUT2D eigenvalue weighted by Gasteiger charge is -2.30. The standard InChI is InChI=1S/C18H26O6/c1-6-22-14(20)16(5,15(21)23-7-2)10-17-8-12(3)9-18(17,11-17)24-13(4)19/h9H,6-8,10-11H2,1-5H3/t17-,18+/m1/s1. The molecule has 0 aromatic carbocycles. The zero-order valence-corrected chi connectivity index (χ0v) is 15.1. The van der Waals surface area contributed by atoms with Gasteiger partial charge in [0.2, 0.25) is 0 Å². The van der Waals surface area contributed by atoms with E-state index in [1.807, 2.05) is 13.0 Å². The van der Waals surface area contributed by atoms with Crippen LogP contribution in [0.15, 0.2) is 11.6 Å². The maximum Gasteiger partial charge on any atom is 0.323 e. The van der Waals surface area contributed by atoms with Crippen molar-refractivity contribution in [2.24, 2.45) is 10.8 Å². The summed E-state index contributed by atoms with van der Waals surface area (Å²) in [7, 11) is 0. The second kappa shape index (κ2) is 6.22. The molecule has 0 aromatic heterocycles. The Bertz CT molecular complexity index is 574. The van der Waals surface area contributed by atoms with Gasteiger partial charge in [-0.3, -0.25) is 14.4 Å². The summed E-state index contributed by atoms with van der Waals surface area (Å²) in [6.45, 7) is 8.66. The molecule has 6 nitrogen and oxygen atoms in total. The Labute approximate surface area is 142 Å². The van der Waals surface area contributed by atoms with Crippen LogP contribution in [0.1, 0.15) is 53.9 Å². The largest absolute Gasteiger partial charge is 0.465 e. The zero-order valence-electron chi connectivity index (χ0n) is 15.1. The number of hydrogen-bond acceptors (Lipinski definition) is 6. The van der Waals surface area contributed by atoms with Crippen molar-refractivity contribution < 1.29 is 28.6 Å². The van der Waals surface area contributed by atoms with Crippen molar-refractivity contribution in [3.63, 3.8) is 0 Å². The van der Waals surface area contributed by atoms with E-state index in [-0.39, 0.29) is 25.6 Å². The van der Waals surface area contributed by atoms with Crippen molar-refractivity contribution >= 4 is 17.9 Å². The van der Waals surface area contributed by atoms with Gasteiger partial charge in [-0.1, -0.05) is 5.57 Å². The topological polar surface area (TPSA) is 78.9 Å². The third kappa shape index (κ3) is 2.94. The number of esters is 3. The Kier molecular flexibility index (Phi) is 4.79. The first-order valence-electron chi connectivity index (χ1n) is 8.37. The van der Waals surface area contributed by atoms with Crippen molar-refractivity contribution in [2.75, 3.05) is 13.2 Å². The van der Waals surface area contributed by atoms with Crippen LogP contribution in [0, 0.1) is 10.8 Å². The number of carbonyl (C=O) groups is 3. The molecular formula is C18H26O6. The third-order valence-electron chi connectivity index (χ3n) is 4.94. The smallest absolute Gasteiger partial charge is 0.323 e. The van der Waals surface area contributed by atoms with E-state index in [2.05, 4.69) is 0 Å². The van der Waals surface area contributed by atoms with Crippen LogP contribution in [0.25, 0.3) is 0 Å². The average Bonchev–Trinajstić information content (AvgIpc) is 2.92. The molecule has 2 atom stereocenters. The lowest BCUT2D eigenvalue weighted by molar-refractivity contribution is -0.173. The second-order valence-corrected chi connectivity index (χ2v) is 7.06. The zero-order chi connectivity index (χ0) is 18.2. The van der Waals surface area contributed by atoms with E-state index in [1.165, 1.54) is 6.92 Å². The van der Waals surface area contributed by atoms with Crippen molar-refractivity contribution in [1.82, 2.24) is 0 Å². The molecule has 2 aliphatic carbocycles. The third-order valence-corrected chi connectivity index (χ3v) is 4.94. The molecule has 2 rings (SSSR count). The first-order chi connectivity index (χ1) is 11.1. The Morgan fingerprint density at radius 1 is 1.17 bits per heavy atom. The van der Waals surface area contributed by atoms with Crippen LogP contribution >= 0.6 is 0 Å². The summed E-state index contributed by atoms with van der Waals surface area (Å²) in [5, 5.41) is 0. The molecule has 6 heteroatoms. The quantitative estimate of drug-likeness (QED) is 0.307. The highest BCUT2D eigenvalue weighted by Crippen LogP contribution is 2.71. The summed E-state index contributed by atoms with van der Waals surface area (Å²) in [6.07, 6.45) is 3.49. The van der Waals surface area contributed by atoms with Gasteiger partial charge in [-0.2, -0.15) is 0 Å². The van der Waals surface area contributed by atoms with Gasteiger partial charge in [0.15, 0.2) is 5.41 Å². The molecule has 0 saturated heterocycles. The summed E-state index contributed by atoms with van der Waals surface area (Å²) in [5.74, 6) is -1.55. The van der Waals surface area contributed by atoms with E-state index in [0.717, 1.165) is 5.57 Å². The van der Waals surface area contributed by atoms with Gasteiger partial charge < -0.3 is 14.2 Å². The molecule has 0 aromatic rings. The van der Waals surface area contributed by atoms with E-state index in [1.54, 1.807) is 20.8 Å². The number of hydrogen-bond donors (Lipinski definition) is 0. The van der Waals surface area contributed by atoms with Crippen molar-refractivity contribution in [3.8, 4) is 0 Å². The Hall–Kier alpha value is -1.85. The highest BCUT2D eigenvalue weighted by atomic mass is 16.6. The van der Waals surface area contributed by atoms with Gasteiger partial charge in [0.1, 0.15) is 5.60 Å². The van der Waals surface area contributed by atoms with E-state index in [4.69, 9.17) is 14.2 Å². The molecule has 0 N–H and O–H groups in total. The summed E-state index contributed by atoms with van der Waals surface area (Å²) >= 11 is 0. The minimum absolute atomic E-state index is 0.188. The number of fused-ring (bicyclic) bond motifs is 1. The fraction of sp³-hybridized carbons (Fsp3) is 0.722. The SMILES string of the molecule is CCOC(=O)C(C)(C[C@@]12CC(C)=C[C@]1(OC(C)=O)C2)C(=O)OCC. The fourth-order valence-corrected chi connectivity index (χ4v) is 4.05. The van der Waals surface area contributed by atoms with E-state index in [0.29, 0.717) is 12.8 Å². The van der Waals surface area contributed by atoms with Crippen molar-refractivity contribution in [1.29, 1.82) is 0 Å². The highest BCUT2D eigenvalue weighted by Gasteiger charge is 2.74. The van der Waals surface area contributed by atoms with Gasteiger partial charge in [-0.25, -0.2) is 0 Å². The van der Waals surface area contributed by atoms with E-state index < -0.39 is 28.4 Å². The molecule has 0 radical (unpaired) electrons. The molecule has 0 bridgehead atoms. The van der Waals surface area contributed by atoms with Crippen LogP contribution in [-0.2, 0) is 28.6 Å². The van der Waals surface area contributed by atoms with Crippen LogP contribution in [0.4, 0.5) is 0 Å². The van der Waals surface area contributed by atoms with Crippen LogP contribution in [-0.4, -0.2) is 36.7 Å². The van der Waals surface area contributed by atoms with Gasteiger partial charge in [0.25, 0.3) is 0 Å². The lowest BCUT2D eigenvalue weighted by Crippen LogP contribution is -2.42. The number of ether oxygens (including phenoxy) is 3. The van der Waals surface area contributed by atoms with Gasteiger partial charge in [-0.05, 0) is 46.6 Å². The number of rotatable bonds is 7. The minimum Gasteiger partial charge on any atom is -0.465 e. The average molecular weight is 338 g/mol. The van der Waals surface area contributed by atoms with Gasteiger partial charge in [0, 0.05) is 18.8 Å². The Morgan fingerprint density at radius 2 is 1.71 bits per heavy atom. The monoisotopic (exact) mass is 338 g/mol.